The highest BCUT2D eigenvalue weighted by atomic mass is 32.2. The molecule has 10 heteroatoms. The van der Waals surface area contributed by atoms with Gasteiger partial charge in [-0.1, -0.05) is 0 Å². The summed E-state index contributed by atoms with van der Waals surface area (Å²) in [4.78, 5) is 24.5. The maximum absolute atomic E-state index is 13.5. The number of nitrogens with one attached hydrogen (secondary N) is 1. The van der Waals surface area contributed by atoms with Crippen molar-refractivity contribution < 1.29 is 18.3 Å². The first kappa shape index (κ1) is 21.1. The van der Waals surface area contributed by atoms with Crippen molar-refractivity contribution in [1.29, 1.82) is 0 Å². The molecule has 4 aliphatic rings. The number of amides is 1. The van der Waals surface area contributed by atoms with Gasteiger partial charge < -0.3 is 10.4 Å². The van der Waals surface area contributed by atoms with E-state index in [1.54, 1.807) is 4.90 Å². The fraction of sp³-hybridized carbons (Fsp3) is 0.762. The van der Waals surface area contributed by atoms with Crippen molar-refractivity contribution >= 4 is 27.7 Å². The first-order chi connectivity index (χ1) is 14.6. The number of aliphatic hydroxyl groups is 1. The number of carbonyl (C=O) groups is 1. The van der Waals surface area contributed by atoms with Crippen molar-refractivity contribution in [3.05, 3.63) is 11.8 Å². The van der Waals surface area contributed by atoms with Gasteiger partial charge in [0.1, 0.15) is 5.82 Å². The van der Waals surface area contributed by atoms with Crippen molar-refractivity contribution in [2.24, 2.45) is 5.41 Å². The third kappa shape index (κ3) is 3.72. The average molecular weight is 450 g/mol. The van der Waals surface area contributed by atoms with Gasteiger partial charge in [0.25, 0.3) is 0 Å². The zero-order valence-corrected chi connectivity index (χ0v) is 19.0. The van der Waals surface area contributed by atoms with Gasteiger partial charge in [-0.15, -0.1) is 0 Å². The van der Waals surface area contributed by atoms with E-state index < -0.39 is 15.6 Å². The van der Waals surface area contributed by atoms with Crippen LogP contribution < -0.4 is 10.2 Å². The van der Waals surface area contributed by atoms with E-state index in [9.17, 15) is 18.3 Å². The summed E-state index contributed by atoms with van der Waals surface area (Å²) in [6.45, 7) is 2.76. The molecule has 0 unspecified atom stereocenters. The molecule has 0 aromatic carbocycles. The normalized spacial score (nSPS) is 31.1. The Morgan fingerprint density at radius 2 is 1.90 bits per heavy atom. The minimum absolute atomic E-state index is 0.0770. The Bertz CT molecular complexity index is 999. The molecule has 1 aromatic rings. The molecular weight excluding hydrogens is 418 g/mol. The molecule has 3 heterocycles. The second-order valence-electron chi connectivity index (χ2n) is 10.0. The molecule has 0 radical (unpaired) electrons. The fourth-order valence-electron chi connectivity index (χ4n) is 5.48. The van der Waals surface area contributed by atoms with Gasteiger partial charge in [0.2, 0.25) is 21.9 Å². The number of sulfonamides is 1. The Morgan fingerprint density at radius 3 is 2.48 bits per heavy atom. The van der Waals surface area contributed by atoms with E-state index in [1.165, 1.54) is 10.6 Å². The summed E-state index contributed by atoms with van der Waals surface area (Å²) >= 11 is 0. The number of carbonyl (C=O) groups excluding carboxylic acids is 1. The summed E-state index contributed by atoms with van der Waals surface area (Å²) in [7, 11) is -3.17. The molecular formula is C21H31N5O4S. The molecule has 31 heavy (non-hydrogen) atoms. The minimum atomic E-state index is -3.17. The Balaban J connectivity index is 1.39. The number of rotatable bonds is 4. The monoisotopic (exact) mass is 449 g/mol. The van der Waals surface area contributed by atoms with Crippen LogP contribution in [0.2, 0.25) is 0 Å². The summed E-state index contributed by atoms with van der Waals surface area (Å²) < 4.78 is 25.0. The van der Waals surface area contributed by atoms with Crippen LogP contribution in [-0.4, -0.2) is 70.7 Å². The predicted octanol–water partition coefficient (Wildman–Crippen LogP) is 1.29. The van der Waals surface area contributed by atoms with E-state index in [1.807, 2.05) is 13.1 Å². The van der Waals surface area contributed by atoms with Crippen LogP contribution in [0.1, 0.15) is 57.4 Å². The SMILES string of the molecule is C[C@@]1(O)CCC[C@H]1N1C(=O)C2(CC2)Cc2cnc(NC3CCN(S(C)(=O)=O)CC3)nc21. The lowest BCUT2D eigenvalue weighted by atomic mass is 9.88. The number of hydrogen-bond acceptors (Lipinski definition) is 7. The summed E-state index contributed by atoms with van der Waals surface area (Å²) in [6, 6.07) is -0.189. The highest BCUT2D eigenvalue weighted by Crippen LogP contribution is 2.55. The molecule has 1 amide bonds. The van der Waals surface area contributed by atoms with Crippen molar-refractivity contribution in [3.63, 3.8) is 0 Å². The number of piperidine rings is 1. The van der Waals surface area contributed by atoms with Crippen LogP contribution in [0.3, 0.4) is 0 Å². The van der Waals surface area contributed by atoms with E-state index in [0.29, 0.717) is 50.5 Å². The van der Waals surface area contributed by atoms with Crippen LogP contribution >= 0.6 is 0 Å². The Labute approximate surface area is 183 Å². The summed E-state index contributed by atoms with van der Waals surface area (Å²) in [6.07, 6.45) is 9.18. The smallest absolute Gasteiger partial charge is 0.235 e. The van der Waals surface area contributed by atoms with Crippen LogP contribution in [0.15, 0.2) is 6.20 Å². The molecule has 1 saturated heterocycles. The molecule has 9 nitrogen and oxygen atoms in total. The van der Waals surface area contributed by atoms with Gasteiger partial charge in [0.05, 0.1) is 23.3 Å². The third-order valence-corrected chi connectivity index (χ3v) is 8.87. The van der Waals surface area contributed by atoms with Gasteiger partial charge in [0.15, 0.2) is 0 Å². The first-order valence-electron chi connectivity index (χ1n) is 11.2. The minimum Gasteiger partial charge on any atom is -0.388 e. The summed E-state index contributed by atoms with van der Waals surface area (Å²) in [5.74, 6) is 1.18. The predicted molar refractivity (Wildman–Crippen MR) is 116 cm³/mol. The van der Waals surface area contributed by atoms with E-state index >= 15 is 0 Å². The van der Waals surface area contributed by atoms with Crippen LogP contribution in [0, 0.1) is 5.41 Å². The molecule has 2 aliphatic carbocycles. The number of anilines is 2. The van der Waals surface area contributed by atoms with Crippen molar-refractivity contribution in [2.75, 3.05) is 29.6 Å². The molecule has 2 aliphatic heterocycles. The highest BCUT2D eigenvalue weighted by molar-refractivity contribution is 7.88. The largest absolute Gasteiger partial charge is 0.388 e. The molecule has 3 fully saturated rings. The quantitative estimate of drug-likeness (QED) is 0.711. The van der Waals surface area contributed by atoms with Gasteiger partial charge in [-0.25, -0.2) is 17.7 Å². The molecule has 2 atom stereocenters. The van der Waals surface area contributed by atoms with E-state index in [0.717, 1.165) is 31.2 Å². The molecule has 1 aromatic heterocycles. The lowest BCUT2D eigenvalue weighted by molar-refractivity contribution is -0.125. The standard InChI is InChI=1S/C21H31N5O4S/c1-20(28)7-3-4-16(20)26-17-14(12-21(8-9-21)18(26)27)13-22-19(24-17)23-15-5-10-25(11-6-15)31(2,29)30/h13,15-16,28H,3-12H2,1-2H3,(H,22,23,24)/t16-,20-/m1/s1. The second-order valence-corrected chi connectivity index (χ2v) is 12.0. The molecule has 2 saturated carbocycles. The Morgan fingerprint density at radius 1 is 1.19 bits per heavy atom. The van der Waals surface area contributed by atoms with Crippen LogP contribution in [0.25, 0.3) is 0 Å². The Kier molecular flexibility index (Phi) is 4.84. The van der Waals surface area contributed by atoms with Gasteiger partial charge >= 0.3 is 0 Å². The van der Waals surface area contributed by atoms with Crippen molar-refractivity contribution in [1.82, 2.24) is 14.3 Å². The molecule has 2 N–H and O–H groups in total. The molecule has 1 spiro atoms. The van der Waals surface area contributed by atoms with Gasteiger partial charge in [0, 0.05) is 30.9 Å². The van der Waals surface area contributed by atoms with Crippen LogP contribution in [0.5, 0.6) is 0 Å². The zero-order valence-electron chi connectivity index (χ0n) is 18.2. The molecule has 5 rings (SSSR count). The maximum Gasteiger partial charge on any atom is 0.235 e. The van der Waals surface area contributed by atoms with Crippen LogP contribution in [0.4, 0.5) is 11.8 Å². The third-order valence-electron chi connectivity index (χ3n) is 7.57. The number of aromatic nitrogens is 2. The number of nitrogens with zero attached hydrogens (tertiary/aromatic N) is 4. The van der Waals surface area contributed by atoms with Crippen LogP contribution in [-0.2, 0) is 21.2 Å². The van der Waals surface area contributed by atoms with E-state index in [2.05, 4.69) is 10.3 Å². The van der Waals surface area contributed by atoms with Crippen molar-refractivity contribution in [2.45, 2.75) is 76.0 Å². The van der Waals surface area contributed by atoms with Gasteiger partial charge in [-0.3, -0.25) is 9.69 Å². The summed E-state index contributed by atoms with van der Waals surface area (Å²) in [5.41, 5.74) is -0.281. The number of hydrogen-bond donors (Lipinski definition) is 2. The van der Waals surface area contributed by atoms with E-state index in [4.69, 9.17) is 4.98 Å². The van der Waals surface area contributed by atoms with Gasteiger partial charge in [-0.05, 0) is 58.3 Å². The maximum atomic E-state index is 13.5. The van der Waals surface area contributed by atoms with Gasteiger partial charge in [-0.2, -0.15) is 4.98 Å². The zero-order chi connectivity index (χ0) is 22.0. The first-order valence-corrected chi connectivity index (χ1v) is 13.1. The van der Waals surface area contributed by atoms with E-state index in [-0.39, 0.29) is 23.4 Å². The molecule has 170 valence electrons. The summed E-state index contributed by atoms with van der Waals surface area (Å²) in [5, 5.41) is 14.3. The topological polar surface area (TPSA) is 116 Å². The lowest BCUT2D eigenvalue weighted by Gasteiger charge is -2.41. The lowest BCUT2D eigenvalue weighted by Crippen LogP contribution is -2.55. The molecule has 0 bridgehead atoms. The fourth-order valence-corrected chi connectivity index (χ4v) is 6.35. The highest BCUT2D eigenvalue weighted by Gasteiger charge is 2.58. The number of fused-ring (bicyclic) bond motifs is 1. The van der Waals surface area contributed by atoms with Crippen molar-refractivity contribution in [3.8, 4) is 0 Å². The average Bonchev–Trinajstić information content (AvgIpc) is 3.39. The Hall–Kier alpha value is -1.78. The second kappa shape index (κ2) is 7.11.